The van der Waals surface area contributed by atoms with Crippen molar-refractivity contribution in [1.82, 2.24) is 25.0 Å². The van der Waals surface area contributed by atoms with Crippen molar-refractivity contribution in [1.29, 1.82) is 0 Å². The van der Waals surface area contributed by atoms with Gasteiger partial charge in [0.1, 0.15) is 0 Å². The van der Waals surface area contributed by atoms with Crippen LogP contribution in [0.3, 0.4) is 0 Å². The molecule has 2 aromatic heterocycles. The summed E-state index contributed by atoms with van der Waals surface area (Å²) in [7, 11) is 0. The summed E-state index contributed by atoms with van der Waals surface area (Å²) in [4.78, 5) is 4.03. The number of aromatic nitrogens is 5. The number of hydrogen-bond donors (Lipinski definition) is 0. The molecule has 2 rings (SSSR count). The molecule has 0 unspecified atom stereocenters. The Morgan fingerprint density at radius 2 is 2.36 bits per heavy atom. The maximum atomic E-state index is 5.77. The Hall–Kier alpha value is -1.23. The van der Waals surface area contributed by atoms with E-state index in [4.69, 9.17) is 11.6 Å². The second-order valence-electron chi connectivity index (χ2n) is 2.10. The molecule has 0 bridgehead atoms. The summed E-state index contributed by atoms with van der Waals surface area (Å²) in [6.07, 6.45) is 1.62. The van der Waals surface area contributed by atoms with Crippen LogP contribution in [-0.2, 0) is 0 Å². The highest BCUT2D eigenvalue weighted by Gasteiger charge is 2.01. The van der Waals surface area contributed by atoms with Crippen molar-refractivity contribution in [3.63, 3.8) is 0 Å². The third-order valence-corrected chi connectivity index (χ3v) is 1.70. The zero-order chi connectivity index (χ0) is 7.84. The highest BCUT2D eigenvalue weighted by molar-refractivity contribution is 6.31. The van der Waals surface area contributed by atoms with Gasteiger partial charge in [-0.1, -0.05) is 16.7 Å². The number of nitrogens with zero attached hydrogens (tertiary/aromatic N) is 5. The summed E-state index contributed by atoms with van der Waals surface area (Å²) in [6.45, 7) is 1.80. The molecule has 0 atom stereocenters. The van der Waals surface area contributed by atoms with Gasteiger partial charge in [-0.2, -0.15) is 4.52 Å². The molecular formula is C5H4ClN5. The summed E-state index contributed by atoms with van der Waals surface area (Å²) >= 11 is 5.77. The predicted octanol–water partition coefficient (Wildman–Crippen LogP) is 0.481. The molecule has 5 nitrogen and oxygen atoms in total. The number of aryl methyl sites for hydroxylation is 1. The van der Waals surface area contributed by atoms with Crippen LogP contribution in [0.5, 0.6) is 0 Å². The molecule has 0 aliphatic heterocycles. The first kappa shape index (κ1) is 6.48. The van der Waals surface area contributed by atoms with Crippen LogP contribution in [0, 0.1) is 6.92 Å². The predicted molar refractivity (Wildman–Crippen MR) is 38.3 cm³/mol. The minimum Gasteiger partial charge on any atom is -0.213 e. The van der Waals surface area contributed by atoms with Crippen molar-refractivity contribution in [2.24, 2.45) is 0 Å². The summed E-state index contributed by atoms with van der Waals surface area (Å²) in [5.41, 5.74) is 0.731. The van der Waals surface area contributed by atoms with Gasteiger partial charge >= 0.3 is 0 Å². The molecule has 2 heterocycles. The molecule has 0 aromatic carbocycles. The maximum absolute atomic E-state index is 5.77. The van der Waals surface area contributed by atoms with Crippen molar-refractivity contribution >= 4 is 17.4 Å². The highest BCUT2D eigenvalue weighted by Crippen LogP contribution is 2.10. The van der Waals surface area contributed by atoms with Gasteiger partial charge in [-0.3, -0.25) is 0 Å². The lowest BCUT2D eigenvalue weighted by Crippen LogP contribution is -1.93. The smallest absolute Gasteiger partial charge is 0.213 e. The molecule has 0 spiro atoms. The molecule has 0 saturated carbocycles. The van der Waals surface area contributed by atoms with Gasteiger partial charge in [-0.25, -0.2) is 4.98 Å². The van der Waals surface area contributed by atoms with Crippen molar-refractivity contribution in [3.8, 4) is 0 Å². The Morgan fingerprint density at radius 3 is 3.18 bits per heavy atom. The molecule has 0 aliphatic carbocycles. The lowest BCUT2D eigenvalue weighted by atomic mass is 10.5. The number of rotatable bonds is 0. The van der Waals surface area contributed by atoms with Gasteiger partial charge in [0, 0.05) is 0 Å². The van der Waals surface area contributed by atoms with Crippen LogP contribution in [-0.4, -0.2) is 25.0 Å². The van der Waals surface area contributed by atoms with Gasteiger partial charge in [0.2, 0.25) is 0 Å². The summed E-state index contributed by atoms with van der Waals surface area (Å²) < 4.78 is 1.43. The van der Waals surface area contributed by atoms with E-state index in [1.54, 1.807) is 13.1 Å². The fraction of sp³-hybridized carbons (Fsp3) is 0.200. The summed E-state index contributed by atoms with van der Waals surface area (Å²) in [6, 6.07) is 0. The quantitative estimate of drug-likeness (QED) is 0.576. The van der Waals surface area contributed by atoms with Gasteiger partial charge in [-0.05, 0) is 17.4 Å². The highest BCUT2D eigenvalue weighted by atomic mass is 35.5. The molecule has 11 heavy (non-hydrogen) atoms. The van der Waals surface area contributed by atoms with E-state index in [-0.39, 0.29) is 0 Å². The number of hydrogen-bond acceptors (Lipinski definition) is 4. The Labute approximate surface area is 67.0 Å². The third-order valence-electron chi connectivity index (χ3n) is 1.32. The molecule has 6 heteroatoms. The van der Waals surface area contributed by atoms with Gasteiger partial charge in [0.05, 0.1) is 16.9 Å². The van der Waals surface area contributed by atoms with Gasteiger partial charge in [0.15, 0.2) is 0 Å². The van der Waals surface area contributed by atoms with E-state index in [1.165, 1.54) is 4.52 Å². The molecular weight excluding hydrogens is 166 g/mol. The van der Waals surface area contributed by atoms with Crippen molar-refractivity contribution in [3.05, 3.63) is 16.9 Å². The van der Waals surface area contributed by atoms with Crippen molar-refractivity contribution in [2.45, 2.75) is 6.92 Å². The molecule has 0 saturated heterocycles. The number of tetrazole rings is 1. The number of halogens is 1. The van der Waals surface area contributed by atoms with Crippen LogP contribution in [0.15, 0.2) is 6.20 Å². The van der Waals surface area contributed by atoms with Gasteiger partial charge < -0.3 is 0 Å². The molecule has 56 valence electrons. The van der Waals surface area contributed by atoms with Crippen LogP contribution in [0.1, 0.15) is 5.69 Å². The minimum absolute atomic E-state index is 0.465. The average molecular weight is 170 g/mol. The van der Waals surface area contributed by atoms with Crippen molar-refractivity contribution < 1.29 is 0 Å². The van der Waals surface area contributed by atoms with E-state index in [1.807, 2.05) is 0 Å². The standard InChI is InChI=1S/C5H4ClN5/c1-3-4(6)2-11-5(7-3)8-9-10-11/h2H,1H3. The second kappa shape index (κ2) is 2.13. The van der Waals surface area contributed by atoms with E-state index in [0.717, 1.165) is 5.69 Å². The van der Waals surface area contributed by atoms with E-state index in [0.29, 0.717) is 10.8 Å². The molecule has 2 aromatic rings. The van der Waals surface area contributed by atoms with E-state index in [9.17, 15) is 0 Å². The largest absolute Gasteiger partial charge is 0.273 e. The van der Waals surface area contributed by atoms with Crippen molar-refractivity contribution in [2.75, 3.05) is 0 Å². The summed E-state index contributed by atoms with van der Waals surface area (Å²) in [5.74, 6) is 0.465. The van der Waals surface area contributed by atoms with Gasteiger partial charge in [-0.15, -0.1) is 0 Å². The average Bonchev–Trinajstić information content (AvgIpc) is 2.36. The Balaban J connectivity index is 2.86. The molecule has 0 radical (unpaired) electrons. The Kier molecular flexibility index (Phi) is 1.25. The topological polar surface area (TPSA) is 56.0 Å². The lowest BCUT2D eigenvalue weighted by Gasteiger charge is -1.94. The van der Waals surface area contributed by atoms with E-state index >= 15 is 0 Å². The number of fused-ring (bicyclic) bond motifs is 1. The first-order chi connectivity index (χ1) is 5.27. The molecule has 0 aliphatic rings. The first-order valence-electron chi connectivity index (χ1n) is 2.98. The minimum atomic E-state index is 0.465. The Morgan fingerprint density at radius 1 is 1.55 bits per heavy atom. The third kappa shape index (κ3) is 0.932. The van der Waals surface area contributed by atoms with Crippen LogP contribution in [0.25, 0.3) is 5.78 Å². The Bertz CT molecular complexity index is 359. The fourth-order valence-corrected chi connectivity index (χ4v) is 0.885. The second-order valence-corrected chi connectivity index (χ2v) is 2.50. The van der Waals surface area contributed by atoms with Crippen LogP contribution >= 0.6 is 11.6 Å². The SMILES string of the molecule is Cc1nc2nnnn2cc1Cl. The molecule has 0 amide bonds. The fourth-order valence-electron chi connectivity index (χ4n) is 0.750. The van der Waals surface area contributed by atoms with Crippen LogP contribution in [0.4, 0.5) is 0 Å². The van der Waals surface area contributed by atoms with E-state index < -0.39 is 0 Å². The summed E-state index contributed by atoms with van der Waals surface area (Å²) in [5, 5.41) is 11.3. The zero-order valence-electron chi connectivity index (χ0n) is 5.69. The van der Waals surface area contributed by atoms with Gasteiger partial charge in [0.25, 0.3) is 5.78 Å². The zero-order valence-corrected chi connectivity index (χ0v) is 6.45. The molecule has 0 N–H and O–H groups in total. The van der Waals surface area contributed by atoms with Crippen LogP contribution < -0.4 is 0 Å². The van der Waals surface area contributed by atoms with E-state index in [2.05, 4.69) is 20.5 Å². The lowest BCUT2D eigenvalue weighted by molar-refractivity contribution is 0.819. The molecule has 0 fully saturated rings. The first-order valence-corrected chi connectivity index (χ1v) is 3.36. The normalized spacial score (nSPS) is 10.7. The van der Waals surface area contributed by atoms with Crippen LogP contribution in [0.2, 0.25) is 5.02 Å². The maximum Gasteiger partial charge on any atom is 0.273 e. The monoisotopic (exact) mass is 169 g/mol.